The second-order valence-corrected chi connectivity index (χ2v) is 15.0. The largest absolute Gasteiger partial charge is 0.480 e. The fourth-order valence-corrected chi connectivity index (χ4v) is 6.22. The molecule has 29 heteroatoms. The van der Waals surface area contributed by atoms with Gasteiger partial charge >= 0.3 is 5.97 Å². The van der Waals surface area contributed by atoms with Crippen LogP contribution in [0.1, 0.15) is 65.2 Å². The number of aliphatic hydroxyl groups excluding tert-OH is 3. The van der Waals surface area contributed by atoms with Crippen LogP contribution in [0.25, 0.3) is 0 Å². The highest BCUT2D eigenvalue weighted by Crippen LogP contribution is 2.20. The molecule has 0 bridgehead atoms. The maximum Gasteiger partial charge on any atom is 0.328 e. The van der Waals surface area contributed by atoms with E-state index in [-0.39, 0.29) is 89.0 Å². The summed E-state index contributed by atoms with van der Waals surface area (Å²) >= 11 is 0. The van der Waals surface area contributed by atoms with Gasteiger partial charge in [-0.25, -0.2) is 4.79 Å². The van der Waals surface area contributed by atoms with Gasteiger partial charge in [-0.1, -0.05) is 0 Å². The van der Waals surface area contributed by atoms with E-state index in [1.165, 1.54) is 11.8 Å². The lowest BCUT2D eigenvalue weighted by Crippen LogP contribution is -2.60. The van der Waals surface area contributed by atoms with E-state index in [0.717, 1.165) is 6.92 Å². The molecule has 65 heavy (non-hydrogen) atoms. The predicted molar refractivity (Wildman–Crippen MR) is 233 cm³/mol. The number of carboxylic acids is 1. The summed E-state index contributed by atoms with van der Waals surface area (Å²) in [6.07, 6.45) is -0.803. The zero-order valence-electron chi connectivity index (χ0n) is 36.5. The van der Waals surface area contributed by atoms with Gasteiger partial charge in [-0.05, 0) is 65.2 Å². The van der Waals surface area contributed by atoms with Crippen LogP contribution in [0.4, 0.5) is 0 Å². The first-order valence-corrected chi connectivity index (χ1v) is 20.7. The molecule has 1 fully saturated rings. The Morgan fingerprint density at radius 2 is 1.06 bits per heavy atom. The van der Waals surface area contributed by atoms with Gasteiger partial charge in [-0.15, -0.1) is 0 Å². The quantitative estimate of drug-likeness (QED) is 0.0188. The lowest BCUT2D eigenvalue weighted by atomic mass is 10.1. The highest BCUT2D eigenvalue weighted by atomic mass is 16.4. The number of carbonyl (C=O) groups excluding carboxylic acids is 7. The number of aliphatic hydroxyl groups is 3. The molecule has 0 aromatic carbocycles. The highest BCUT2D eigenvalue weighted by molar-refractivity contribution is 5.98. The van der Waals surface area contributed by atoms with Crippen LogP contribution >= 0.6 is 0 Å². The molecule has 9 unspecified atom stereocenters. The van der Waals surface area contributed by atoms with E-state index in [4.69, 9.17) is 40.1 Å². The number of aliphatic carboxylic acids is 1. The molecule has 0 aromatic rings. The van der Waals surface area contributed by atoms with Crippen molar-refractivity contribution in [2.75, 3.05) is 39.4 Å². The summed E-state index contributed by atoms with van der Waals surface area (Å²) in [6.45, 7) is 0.843. The molecule has 0 aromatic heterocycles. The van der Waals surface area contributed by atoms with Crippen LogP contribution in [0.2, 0.25) is 0 Å². The number of nitrogens with one attached hydrogen (secondary N) is 6. The molecular weight excluding hydrogens is 863 g/mol. The molecule has 24 N–H and O–H groups in total. The van der Waals surface area contributed by atoms with E-state index in [0.29, 0.717) is 6.42 Å². The molecule has 0 aliphatic carbocycles. The maximum atomic E-state index is 14.2. The monoisotopic (exact) mass is 930 g/mol. The number of nitrogens with two attached hydrogens (primary N) is 7. The first kappa shape index (κ1) is 56.4. The minimum absolute atomic E-state index is 0.0146. The summed E-state index contributed by atoms with van der Waals surface area (Å²) in [7, 11) is 0. The van der Waals surface area contributed by atoms with Crippen molar-refractivity contribution in [2.45, 2.75) is 120 Å². The van der Waals surface area contributed by atoms with Crippen molar-refractivity contribution in [3.8, 4) is 0 Å². The topological polar surface area (TPSA) is 512 Å². The summed E-state index contributed by atoms with van der Waals surface area (Å²) < 4.78 is 0. The molecule has 1 rings (SSSR count). The zero-order valence-corrected chi connectivity index (χ0v) is 36.5. The first-order chi connectivity index (χ1) is 30.5. The van der Waals surface area contributed by atoms with E-state index in [2.05, 4.69) is 46.9 Å². The summed E-state index contributed by atoms with van der Waals surface area (Å²) in [6, 6.07) is -11.3. The Balaban J connectivity index is 3.31. The number of hydrogen-bond donors (Lipinski definition) is 17. The molecule has 1 saturated heterocycles. The minimum atomic E-state index is -1.69. The van der Waals surface area contributed by atoms with Gasteiger partial charge in [0, 0.05) is 26.2 Å². The van der Waals surface area contributed by atoms with Crippen molar-refractivity contribution >= 4 is 65.2 Å². The van der Waals surface area contributed by atoms with Gasteiger partial charge in [0.1, 0.15) is 42.3 Å². The molecule has 1 aliphatic rings. The Bertz CT molecular complexity index is 1720. The number of amides is 7. The molecule has 1 heterocycles. The Hall–Kier alpha value is -6.59. The van der Waals surface area contributed by atoms with Crippen molar-refractivity contribution in [1.82, 2.24) is 36.8 Å². The second kappa shape index (κ2) is 29.0. The van der Waals surface area contributed by atoms with Gasteiger partial charge in [0.15, 0.2) is 23.9 Å². The van der Waals surface area contributed by atoms with Gasteiger partial charge in [0.05, 0.1) is 19.3 Å². The van der Waals surface area contributed by atoms with E-state index in [9.17, 15) is 58.8 Å². The molecule has 368 valence electrons. The summed E-state index contributed by atoms with van der Waals surface area (Å²) in [5.74, 6) is -8.42. The number of likely N-dealkylation sites (tertiary alicyclic amines) is 1. The maximum absolute atomic E-state index is 14.2. The van der Waals surface area contributed by atoms with Gasteiger partial charge < -0.3 is 97.4 Å². The zero-order chi connectivity index (χ0) is 49.4. The summed E-state index contributed by atoms with van der Waals surface area (Å²) in [5, 5.41) is 52.9. The summed E-state index contributed by atoms with van der Waals surface area (Å²) in [5.41, 5.74) is 38.0. The number of hydrogen-bond acceptors (Lipinski definition) is 15. The number of carboxylic acid groups (broad SMARTS) is 1. The van der Waals surface area contributed by atoms with Crippen molar-refractivity contribution in [2.24, 2.45) is 55.1 Å². The highest BCUT2D eigenvalue weighted by Gasteiger charge is 2.40. The predicted octanol–water partition coefficient (Wildman–Crippen LogP) is -9.16. The molecule has 7 amide bonds. The van der Waals surface area contributed by atoms with Gasteiger partial charge in [0.2, 0.25) is 41.4 Å². The number of carbonyl (C=O) groups is 8. The third-order valence-electron chi connectivity index (χ3n) is 9.70. The first-order valence-electron chi connectivity index (χ1n) is 20.7. The molecule has 0 radical (unpaired) electrons. The summed E-state index contributed by atoms with van der Waals surface area (Å²) in [4.78, 5) is 118. The lowest BCUT2D eigenvalue weighted by Gasteiger charge is -2.31. The van der Waals surface area contributed by atoms with Crippen molar-refractivity contribution < 1.29 is 58.8 Å². The second-order valence-electron chi connectivity index (χ2n) is 15.0. The molecule has 0 saturated carbocycles. The normalized spacial score (nSPS) is 16.9. The standard InChI is InChI=1S/C36H67N17O12/c1-17(26(57)52-25(18(2)56)33(64)65)47-28(59)20(7-3-11-44-34(38)39)49-30(61)23(16-55)51-31(62)24-10-6-14-53(24)32(63)22(9-5-13-46-36(42)43)50-29(60)21(8-4-12-45-35(40)41)48-27(58)19(37)15-54/h17-25,54-56H,3-16,37H2,1-2H3,(H,47,59)(H,48,58)(H,49,61)(H,50,60)(H,51,62)(H,52,57)(H,64,65)(H4,38,39,44)(H4,40,41,45)(H4,42,43,46). The van der Waals surface area contributed by atoms with E-state index < -0.39 is 115 Å². The Kier molecular flexibility index (Phi) is 25.1. The van der Waals surface area contributed by atoms with Gasteiger partial charge in [-0.3, -0.25) is 48.5 Å². The lowest BCUT2D eigenvalue weighted by molar-refractivity contribution is -0.145. The number of aliphatic imine (C=N–C) groups is 3. The van der Waals surface area contributed by atoms with E-state index in [1.807, 2.05) is 0 Å². The van der Waals surface area contributed by atoms with E-state index >= 15 is 0 Å². The smallest absolute Gasteiger partial charge is 0.328 e. The van der Waals surface area contributed by atoms with Gasteiger partial charge in [0.25, 0.3) is 0 Å². The van der Waals surface area contributed by atoms with Gasteiger partial charge in [-0.2, -0.15) is 0 Å². The Labute approximate surface area is 374 Å². The van der Waals surface area contributed by atoms with Crippen LogP contribution in [0, 0.1) is 0 Å². The number of nitrogens with zero attached hydrogens (tertiary/aromatic N) is 4. The van der Waals surface area contributed by atoms with Crippen LogP contribution in [0.15, 0.2) is 15.0 Å². The average Bonchev–Trinajstić information content (AvgIpc) is 3.74. The average molecular weight is 930 g/mol. The van der Waals surface area contributed by atoms with Crippen LogP contribution in [-0.2, 0) is 38.4 Å². The molecule has 9 atom stereocenters. The number of rotatable bonds is 29. The molecular formula is C36H67N17O12. The van der Waals surface area contributed by atoms with Crippen LogP contribution in [-0.4, -0.2) is 184 Å². The SMILES string of the molecule is CC(NC(=O)C(CCCN=C(N)N)NC(=O)C(CO)NC(=O)C1CCCN1C(=O)C(CCCN=C(N)N)NC(=O)C(CCCN=C(N)N)NC(=O)C(N)CO)C(=O)NC(C(=O)O)C(C)O. The van der Waals surface area contributed by atoms with Crippen molar-refractivity contribution in [3.05, 3.63) is 0 Å². The van der Waals surface area contributed by atoms with Crippen LogP contribution < -0.4 is 72.0 Å². The van der Waals surface area contributed by atoms with Crippen molar-refractivity contribution in [3.63, 3.8) is 0 Å². The number of guanidine groups is 3. The molecule has 0 spiro atoms. The van der Waals surface area contributed by atoms with Crippen molar-refractivity contribution in [1.29, 1.82) is 0 Å². The third-order valence-corrected chi connectivity index (χ3v) is 9.70. The molecule has 29 nitrogen and oxygen atoms in total. The fourth-order valence-electron chi connectivity index (χ4n) is 6.22. The molecule has 1 aliphatic heterocycles. The van der Waals surface area contributed by atoms with Crippen LogP contribution in [0.5, 0.6) is 0 Å². The third kappa shape index (κ3) is 20.6. The van der Waals surface area contributed by atoms with Crippen LogP contribution in [0.3, 0.4) is 0 Å². The van der Waals surface area contributed by atoms with E-state index in [1.54, 1.807) is 0 Å². The fraction of sp³-hybridized carbons (Fsp3) is 0.694. The Morgan fingerprint density at radius 1 is 0.615 bits per heavy atom. The Morgan fingerprint density at radius 3 is 1.51 bits per heavy atom. The minimum Gasteiger partial charge on any atom is -0.480 e.